The molecule has 1 saturated heterocycles. The molecule has 5 rings (SSSR count). The van der Waals surface area contributed by atoms with Gasteiger partial charge >= 0.3 is 0 Å². The van der Waals surface area contributed by atoms with Crippen LogP contribution in [0.3, 0.4) is 0 Å². The molecular weight excluding hydrogens is 378 g/mol. The van der Waals surface area contributed by atoms with Crippen LogP contribution in [0.5, 0.6) is 0 Å². The Morgan fingerprint density at radius 2 is 1.53 bits per heavy atom. The first-order valence-corrected chi connectivity index (χ1v) is 9.86. The third-order valence-electron chi connectivity index (χ3n) is 6.00. The minimum Gasteiger partial charge on any atom is -0.292 e. The van der Waals surface area contributed by atoms with E-state index < -0.39 is 24.0 Å². The first-order chi connectivity index (χ1) is 14.7. The van der Waals surface area contributed by atoms with Crippen LogP contribution in [0.4, 0.5) is 0 Å². The molecule has 0 radical (unpaired) electrons. The third kappa shape index (κ3) is 2.80. The van der Waals surface area contributed by atoms with Gasteiger partial charge in [0, 0.05) is 16.1 Å². The standard InChI is InChI=1S/C24H19N3O3/c28-24(17-11-5-2-6-12-17)23-20(16-9-3-1-4-10-16)22(27(29)30)21-19-14-8-7-13-18(19)15-25-26(21)23/h1-15,20-23H/t20-,21+,22-,23-/m0/s1. The highest BCUT2D eigenvalue weighted by atomic mass is 16.6. The fraction of sp³-hybridized carbons (Fsp3) is 0.167. The van der Waals surface area contributed by atoms with Crippen molar-refractivity contribution in [1.29, 1.82) is 0 Å². The van der Waals surface area contributed by atoms with E-state index in [2.05, 4.69) is 5.10 Å². The first kappa shape index (κ1) is 18.2. The Bertz CT molecular complexity index is 1130. The van der Waals surface area contributed by atoms with Crippen LogP contribution < -0.4 is 0 Å². The van der Waals surface area contributed by atoms with Crippen LogP contribution in [0.2, 0.25) is 0 Å². The van der Waals surface area contributed by atoms with Crippen molar-refractivity contribution in [1.82, 2.24) is 5.01 Å². The molecule has 0 unspecified atom stereocenters. The summed E-state index contributed by atoms with van der Waals surface area (Å²) in [5.41, 5.74) is 2.99. The number of carbonyl (C=O) groups excluding carboxylic acids is 1. The molecule has 3 aromatic rings. The Balaban J connectivity index is 1.71. The van der Waals surface area contributed by atoms with E-state index in [1.807, 2.05) is 60.7 Å². The number of hydrogen-bond donors (Lipinski definition) is 0. The van der Waals surface area contributed by atoms with E-state index >= 15 is 0 Å². The fourth-order valence-electron chi connectivity index (χ4n) is 4.73. The molecule has 1 fully saturated rings. The molecule has 0 aliphatic carbocycles. The summed E-state index contributed by atoms with van der Waals surface area (Å²) in [4.78, 5) is 25.8. The highest BCUT2D eigenvalue weighted by Crippen LogP contribution is 2.49. The Labute approximate surface area is 173 Å². The molecule has 0 bridgehead atoms. The van der Waals surface area contributed by atoms with Crippen molar-refractivity contribution in [3.8, 4) is 0 Å². The number of carbonyl (C=O) groups is 1. The topological polar surface area (TPSA) is 75.8 Å². The van der Waals surface area contributed by atoms with Crippen LogP contribution in [0.25, 0.3) is 0 Å². The van der Waals surface area contributed by atoms with E-state index in [-0.39, 0.29) is 10.7 Å². The van der Waals surface area contributed by atoms with Gasteiger partial charge in [-0.3, -0.25) is 19.9 Å². The van der Waals surface area contributed by atoms with Crippen molar-refractivity contribution in [2.75, 3.05) is 0 Å². The smallest absolute Gasteiger partial charge is 0.248 e. The van der Waals surface area contributed by atoms with Crippen LogP contribution in [0.1, 0.15) is 39.0 Å². The van der Waals surface area contributed by atoms with E-state index in [1.54, 1.807) is 35.5 Å². The third-order valence-corrected chi connectivity index (χ3v) is 6.00. The number of hydrazone groups is 1. The van der Waals surface area contributed by atoms with E-state index in [1.165, 1.54) is 0 Å². The van der Waals surface area contributed by atoms with Crippen LogP contribution in [-0.4, -0.2) is 34.0 Å². The molecule has 2 heterocycles. The summed E-state index contributed by atoms with van der Waals surface area (Å²) >= 11 is 0. The van der Waals surface area contributed by atoms with Crippen molar-refractivity contribution in [3.63, 3.8) is 0 Å². The lowest BCUT2D eigenvalue weighted by Crippen LogP contribution is -2.38. The summed E-state index contributed by atoms with van der Waals surface area (Å²) in [7, 11) is 0. The Hall–Kier alpha value is -3.80. The second-order valence-corrected chi connectivity index (χ2v) is 7.59. The summed E-state index contributed by atoms with van der Waals surface area (Å²) < 4.78 is 0. The SMILES string of the molecule is O=C(c1ccccc1)[C@@H]1[C@@H](c2ccccc2)[C@H]([N+](=O)[O-])[C@H]2c3ccccc3C=NN12. The number of hydrogen-bond acceptors (Lipinski definition) is 5. The average molecular weight is 397 g/mol. The Morgan fingerprint density at radius 1 is 0.900 bits per heavy atom. The normalized spacial score (nSPS) is 24.2. The van der Waals surface area contributed by atoms with Gasteiger partial charge in [-0.1, -0.05) is 84.9 Å². The highest BCUT2D eigenvalue weighted by Gasteiger charge is 2.60. The zero-order valence-electron chi connectivity index (χ0n) is 16.0. The Kier molecular flexibility index (Phi) is 4.39. The minimum atomic E-state index is -0.997. The molecule has 2 aliphatic heterocycles. The van der Waals surface area contributed by atoms with Gasteiger partial charge in [0.05, 0.1) is 12.1 Å². The second kappa shape index (κ2) is 7.22. The van der Waals surface area contributed by atoms with Gasteiger partial charge in [0.25, 0.3) is 0 Å². The monoisotopic (exact) mass is 397 g/mol. The first-order valence-electron chi connectivity index (χ1n) is 9.86. The number of fused-ring (bicyclic) bond motifs is 3. The van der Waals surface area contributed by atoms with Crippen molar-refractivity contribution < 1.29 is 9.72 Å². The molecule has 3 aromatic carbocycles. The summed E-state index contributed by atoms with van der Waals surface area (Å²) in [5, 5.41) is 18.6. The number of Topliss-reactive ketones (excluding diaryl/α,β-unsaturated/α-hetero) is 1. The van der Waals surface area contributed by atoms with Gasteiger partial charge in [-0.05, 0) is 11.1 Å². The zero-order valence-corrected chi connectivity index (χ0v) is 16.0. The van der Waals surface area contributed by atoms with Gasteiger partial charge in [0.15, 0.2) is 5.78 Å². The molecular formula is C24H19N3O3. The lowest BCUT2D eigenvalue weighted by molar-refractivity contribution is -0.529. The number of nitrogens with zero attached hydrogens (tertiary/aromatic N) is 3. The van der Waals surface area contributed by atoms with Crippen LogP contribution in [-0.2, 0) is 0 Å². The van der Waals surface area contributed by atoms with E-state index in [4.69, 9.17) is 0 Å². The zero-order chi connectivity index (χ0) is 20.7. The summed E-state index contributed by atoms with van der Waals surface area (Å²) in [6, 6.07) is 23.4. The van der Waals surface area contributed by atoms with Crippen molar-refractivity contribution in [2.24, 2.45) is 5.10 Å². The van der Waals surface area contributed by atoms with Crippen molar-refractivity contribution >= 4 is 12.0 Å². The summed E-state index contributed by atoms with van der Waals surface area (Å²) in [5.74, 6) is -0.780. The van der Waals surface area contributed by atoms with Gasteiger partial charge in [0.1, 0.15) is 12.1 Å². The quantitative estimate of drug-likeness (QED) is 0.378. The predicted octanol–water partition coefficient (Wildman–Crippen LogP) is 4.07. The molecule has 30 heavy (non-hydrogen) atoms. The van der Waals surface area contributed by atoms with Gasteiger partial charge < -0.3 is 0 Å². The molecule has 0 aromatic heterocycles. The molecule has 0 N–H and O–H groups in total. The maximum atomic E-state index is 13.6. The molecule has 4 atom stereocenters. The van der Waals surface area contributed by atoms with Crippen LogP contribution in [0.15, 0.2) is 90.0 Å². The lowest BCUT2D eigenvalue weighted by Gasteiger charge is -2.30. The maximum Gasteiger partial charge on any atom is 0.248 e. The fourth-order valence-corrected chi connectivity index (χ4v) is 4.73. The van der Waals surface area contributed by atoms with Gasteiger partial charge in [-0.15, -0.1) is 0 Å². The molecule has 2 aliphatic rings. The van der Waals surface area contributed by atoms with Crippen LogP contribution in [0, 0.1) is 10.1 Å². The minimum absolute atomic E-state index is 0.157. The molecule has 0 spiro atoms. The number of ketones is 1. The molecule has 6 nitrogen and oxygen atoms in total. The molecule has 148 valence electrons. The number of benzene rings is 3. The van der Waals surface area contributed by atoms with Gasteiger partial charge in [-0.25, -0.2) is 0 Å². The largest absolute Gasteiger partial charge is 0.292 e. The Morgan fingerprint density at radius 3 is 2.23 bits per heavy atom. The molecule has 6 heteroatoms. The summed E-state index contributed by atoms with van der Waals surface area (Å²) in [6.07, 6.45) is 1.70. The molecule has 0 saturated carbocycles. The van der Waals surface area contributed by atoms with Crippen LogP contribution >= 0.6 is 0 Å². The average Bonchev–Trinajstić information content (AvgIpc) is 3.16. The van der Waals surface area contributed by atoms with Crippen molar-refractivity contribution in [2.45, 2.75) is 24.0 Å². The number of rotatable bonds is 4. The lowest BCUT2D eigenvalue weighted by atomic mass is 9.82. The predicted molar refractivity (Wildman–Crippen MR) is 113 cm³/mol. The van der Waals surface area contributed by atoms with E-state index in [0.29, 0.717) is 5.56 Å². The van der Waals surface area contributed by atoms with E-state index in [9.17, 15) is 14.9 Å². The van der Waals surface area contributed by atoms with Gasteiger partial charge in [-0.2, -0.15) is 5.10 Å². The summed E-state index contributed by atoms with van der Waals surface area (Å²) in [6.45, 7) is 0. The highest BCUT2D eigenvalue weighted by molar-refractivity contribution is 6.01. The van der Waals surface area contributed by atoms with Gasteiger partial charge in [0.2, 0.25) is 6.04 Å². The maximum absolute atomic E-state index is 13.6. The second-order valence-electron chi connectivity index (χ2n) is 7.59. The molecule has 0 amide bonds. The van der Waals surface area contributed by atoms with E-state index in [0.717, 1.165) is 16.7 Å². The van der Waals surface area contributed by atoms with Crippen molar-refractivity contribution in [3.05, 3.63) is 117 Å². The number of nitro groups is 1.